The predicted molar refractivity (Wildman–Crippen MR) is 28.6 cm³/mol. The van der Waals surface area contributed by atoms with Gasteiger partial charge < -0.3 is 9.40 Å². The van der Waals surface area contributed by atoms with Crippen molar-refractivity contribution < 1.29 is 23.0 Å². The molecule has 0 amide bonds. The Balaban J connectivity index is 4.24. The highest BCUT2D eigenvalue weighted by Gasteiger charge is 2.42. The minimum absolute atomic E-state index is 0.613. The first-order valence-corrected chi connectivity index (χ1v) is 2.57. The molecule has 0 saturated heterocycles. The zero-order valence-electron chi connectivity index (χ0n) is 4.97. The van der Waals surface area contributed by atoms with Crippen LogP contribution in [0, 0.1) is 0 Å². The molecule has 0 heterocycles. The van der Waals surface area contributed by atoms with E-state index in [4.69, 9.17) is 5.11 Å². The van der Waals surface area contributed by atoms with E-state index in [2.05, 4.69) is 16.2 Å². The standard InChI is InChI=1S/C4H5ClF2O3/c1-4(9,2(6)7)3(8)10-5/h2,9H,1H3. The molecule has 0 aromatic heterocycles. The van der Waals surface area contributed by atoms with E-state index in [1.807, 2.05) is 0 Å². The topological polar surface area (TPSA) is 46.5 Å². The van der Waals surface area contributed by atoms with Gasteiger partial charge in [0.2, 0.25) is 5.60 Å². The van der Waals surface area contributed by atoms with Gasteiger partial charge in [0, 0.05) is 0 Å². The Hall–Kier alpha value is -0.420. The summed E-state index contributed by atoms with van der Waals surface area (Å²) >= 11 is 4.44. The highest BCUT2D eigenvalue weighted by molar-refractivity contribution is 6.14. The Morgan fingerprint density at radius 3 is 2.30 bits per heavy atom. The predicted octanol–water partition coefficient (Wildman–Crippen LogP) is 0.699. The van der Waals surface area contributed by atoms with E-state index in [-0.39, 0.29) is 0 Å². The molecule has 0 radical (unpaired) electrons. The zero-order valence-corrected chi connectivity index (χ0v) is 5.73. The average Bonchev–Trinajstić information content (AvgIpc) is 1.86. The Morgan fingerprint density at radius 2 is 2.20 bits per heavy atom. The quantitative estimate of drug-likeness (QED) is 0.670. The van der Waals surface area contributed by atoms with Crippen LogP contribution < -0.4 is 0 Å². The van der Waals surface area contributed by atoms with Gasteiger partial charge in [-0.25, -0.2) is 13.6 Å². The molecule has 0 aliphatic rings. The van der Waals surface area contributed by atoms with Gasteiger partial charge in [-0.2, -0.15) is 0 Å². The van der Waals surface area contributed by atoms with E-state index in [1.54, 1.807) is 0 Å². The van der Waals surface area contributed by atoms with Crippen molar-refractivity contribution in [1.29, 1.82) is 0 Å². The van der Waals surface area contributed by atoms with Crippen molar-refractivity contribution in [3.63, 3.8) is 0 Å². The lowest BCUT2D eigenvalue weighted by atomic mass is 10.1. The van der Waals surface area contributed by atoms with Gasteiger partial charge in [-0.3, -0.25) is 0 Å². The van der Waals surface area contributed by atoms with Crippen LogP contribution in [0.25, 0.3) is 0 Å². The van der Waals surface area contributed by atoms with Crippen molar-refractivity contribution in [3.8, 4) is 0 Å². The summed E-state index contributed by atoms with van der Waals surface area (Å²) in [6.07, 6.45) is -3.21. The van der Waals surface area contributed by atoms with Gasteiger partial charge in [-0.15, -0.1) is 0 Å². The number of halogens is 3. The summed E-state index contributed by atoms with van der Waals surface area (Å²) < 4.78 is 26.7. The molecule has 0 rings (SSSR count). The van der Waals surface area contributed by atoms with Gasteiger partial charge in [-0.05, 0) is 6.92 Å². The van der Waals surface area contributed by atoms with E-state index >= 15 is 0 Å². The second kappa shape index (κ2) is 3.12. The smallest absolute Gasteiger partial charge is 0.361 e. The summed E-state index contributed by atoms with van der Waals surface area (Å²) in [5.41, 5.74) is -2.82. The fourth-order valence-corrected chi connectivity index (χ4v) is 0.323. The molecule has 3 nitrogen and oxygen atoms in total. The van der Waals surface area contributed by atoms with Crippen LogP contribution in [0.15, 0.2) is 0 Å². The van der Waals surface area contributed by atoms with Crippen LogP contribution in [-0.4, -0.2) is 23.1 Å². The first-order chi connectivity index (χ1) is 4.42. The van der Waals surface area contributed by atoms with Crippen molar-refractivity contribution in [2.45, 2.75) is 19.0 Å². The molecule has 0 aromatic rings. The third-order valence-corrected chi connectivity index (χ3v) is 1.05. The number of rotatable bonds is 2. The lowest BCUT2D eigenvalue weighted by Gasteiger charge is -2.16. The molecule has 1 unspecified atom stereocenters. The average molecular weight is 175 g/mol. The Kier molecular flexibility index (Phi) is 2.98. The van der Waals surface area contributed by atoms with E-state index in [0.29, 0.717) is 6.92 Å². The van der Waals surface area contributed by atoms with Crippen LogP contribution in [0.5, 0.6) is 0 Å². The molecule has 0 spiro atoms. The number of carbonyl (C=O) groups excluding carboxylic acids is 1. The van der Waals surface area contributed by atoms with E-state index < -0.39 is 18.0 Å². The summed E-state index contributed by atoms with van der Waals surface area (Å²) in [7, 11) is 0. The maximum absolute atomic E-state index is 11.6. The molecule has 6 heteroatoms. The monoisotopic (exact) mass is 174 g/mol. The lowest BCUT2D eigenvalue weighted by molar-refractivity contribution is -0.169. The molecule has 60 valence electrons. The van der Waals surface area contributed by atoms with E-state index in [1.165, 1.54) is 0 Å². The van der Waals surface area contributed by atoms with Crippen molar-refractivity contribution in [2.24, 2.45) is 0 Å². The van der Waals surface area contributed by atoms with Crippen molar-refractivity contribution >= 4 is 17.8 Å². The van der Waals surface area contributed by atoms with E-state index in [9.17, 15) is 13.6 Å². The van der Waals surface area contributed by atoms with Crippen LogP contribution in [0.3, 0.4) is 0 Å². The summed E-state index contributed by atoms with van der Waals surface area (Å²) in [5.74, 6) is -1.57. The summed E-state index contributed by atoms with van der Waals surface area (Å²) in [6, 6.07) is 0. The second-order valence-corrected chi connectivity index (χ2v) is 1.97. The molecule has 0 aliphatic carbocycles. The molecular weight excluding hydrogens is 169 g/mol. The molecule has 0 saturated carbocycles. The maximum atomic E-state index is 11.6. The molecule has 0 fully saturated rings. The Morgan fingerprint density at radius 1 is 1.80 bits per heavy atom. The molecule has 10 heavy (non-hydrogen) atoms. The van der Waals surface area contributed by atoms with Gasteiger partial charge >= 0.3 is 5.97 Å². The first kappa shape index (κ1) is 9.58. The minimum Gasteiger partial charge on any atom is -0.374 e. The van der Waals surface area contributed by atoms with Crippen molar-refractivity contribution in [1.82, 2.24) is 0 Å². The highest BCUT2D eigenvalue weighted by Crippen LogP contribution is 2.16. The molecule has 1 N–H and O–H groups in total. The number of carbonyl (C=O) groups is 1. The third-order valence-electron chi connectivity index (χ3n) is 0.908. The van der Waals surface area contributed by atoms with Gasteiger partial charge in [-0.1, -0.05) is 0 Å². The largest absolute Gasteiger partial charge is 0.374 e. The molecule has 0 aliphatic heterocycles. The number of alkyl halides is 2. The summed E-state index contributed by atoms with van der Waals surface area (Å²) in [5, 5.41) is 8.55. The van der Waals surface area contributed by atoms with Gasteiger partial charge in [0.15, 0.2) is 0 Å². The summed E-state index contributed by atoms with van der Waals surface area (Å²) in [4.78, 5) is 10.2. The maximum Gasteiger partial charge on any atom is 0.361 e. The Labute approximate surface area is 60.7 Å². The molecular formula is C4H5ClF2O3. The number of hydrogen-bond donors (Lipinski definition) is 1. The van der Waals surface area contributed by atoms with Gasteiger partial charge in [0.25, 0.3) is 6.43 Å². The molecule has 0 bridgehead atoms. The number of hydrogen-bond acceptors (Lipinski definition) is 3. The SMILES string of the molecule is CC(O)(C(=O)OCl)C(F)F. The van der Waals surface area contributed by atoms with Crippen LogP contribution >= 0.6 is 11.9 Å². The lowest BCUT2D eigenvalue weighted by Crippen LogP contribution is -2.42. The Bertz CT molecular complexity index is 136. The molecule has 0 aromatic carbocycles. The van der Waals surface area contributed by atoms with Crippen molar-refractivity contribution in [2.75, 3.05) is 0 Å². The van der Waals surface area contributed by atoms with Crippen molar-refractivity contribution in [3.05, 3.63) is 0 Å². The summed E-state index contributed by atoms with van der Waals surface area (Å²) in [6.45, 7) is 0.613. The highest BCUT2D eigenvalue weighted by atomic mass is 35.5. The van der Waals surface area contributed by atoms with E-state index in [0.717, 1.165) is 0 Å². The fourth-order valence-electron chi connectivity index (χ4n) is 0.167. The van der Waals surface area contributed by atoms with Crippen LogP contribution in [0.2, 0.25) is 0 Å². The fraction of sp³-hybridized carbons (Fsp3) is 0.750. The molecule has 1 atom stereocenters. The van der Waals surface area contributed by atoms with Gasteiger partial charge in [0.1, 0.15) is 11.9 Å². The first-order valence-electron chi connectivity index (χ1n) is 2.26. The number of aliphatic hydroxyl groups is 1. The van der Waals surface area contributed by atoms with Crippen LogP contribution in [0.1, 0.15) is 6.92 Å². The normalized spacial score (nSPS) is 16.6. The van der Waals surface area contributed by atoms with Crippen LogP contribution in [-0.2, 0) is 9.08 Å². The zero-order chi connectivity index (χ0) is 8.36. The second-order valence-electron chi connectivity index (χ2n) is 1.81. The van der Waals surface area contributed by atoms with Crippen LogP contribution in [0.4, 0.5) is 8.78 Å². The minimum atomic E-state index is -3.21. The van der Waals surface area contributed by atoms with Gasteiger partial charge in [0.05, 0.1) is 0 Å². The third kappa shape index (κ3) is 1.78.